The standard InChI is InChI=1S/C20H16OS.C14H11S/c1-13-11-15(12-14(2)20(13)21)22-18-9-5-3-7-16(18)17-8-4-6-10-19(17)22;1-2-7-13(8-3-1)15-11-10-12-6-4-5-9-14(12)15/h3-12H,1-2H3;1-11H/q;+1/p+1. The molecule has 0 aliphatic heterocycles. The lowest BCUT2D eigenvalue weighted by atomic mass is 10.1. The number of hydrogen-bond donors (Lipinski definition) is 1. The van der Waals surface area contributed by atoms with Crippen molar-refractivity contribution < 1.29 is 5.11 Å². The molecule has 0 saturated carbocycles. The zero-order chi connectivity index (χ0) is 25.4. The van der Waals surface area contributed by atoms with E-state index in [2.05, 4.69) is 127 Å². The van der Waals surface area contributed by atoms with Crippen LogP contribution in [-0.2, 0) is 0 Å². The zero-order valence-corrected chi connectivity index (χ0v) is 22.5. The molecule has 0 spiro atoms. The fraction of sp³-hybridized carbons (Fsp3) is 0.0588. The van der Waals surface area contributed by atoms with Crippen molar-refractivity contribution in [1.29, 1.82) is 0 Å². The molecule has 7 rings (SSSR count). The van der Waals surface area contributed by atoms with Gasteiger partial charge in [0.1, 0.15) is 11.1 Å². The molecule has 1 N–H and O–H groups in total. The van der Waals surface area contributed by atoms with Gasteiger partial charge in [-0.25, -0.2) is 0 Å². The smallest absolute Gasteiger partial charge is 0.187 e. The van der Waals surface area contributed by atoms with Crippen LogP contribution in [0.15, 0.2) is 127 Å². The molecule has 37 heavy (non-hydrogen) atoms. The summed E-state index contributed by atoms with van der Waals surface area (Å²) in [6.45, 7) is 3.95. The molecule has 0 bridgehead atoms. The summed E-state index contributed by atoms with van der Waals surface area (Å²) in [5.74, 6) is 0.410. The van der Waals surface area contributed by atoms with E-state index in [9.17, 15) is 5.11 Å². The van der Waals surface area contributed by atoms with Crippen molar-refractivity contribution >= 4 is 51.2 Å². The highest BCUT2D eigenvalue weighted by atomic mass is 32.2. The third-order valence-electron chi connectivity index (χ3n) is 6.74. The summed E-state index contributed by atoms with van der Waals surface area (Å²) in [6, 6.07) is 43.1. The SMILES string of the molecule is Cc1cc(-[s+]2c3ccccc3c3ccccc32)cc(C)c1O.c1ccc(-[s+]2ccc3ccccc32)cc1. The monoisotopic (exact) mass is 516 g/mol. The fourth-order valence-electron chi connectivity index (χ4n) is 4.95. The summed E-state index contributed by atoms with van der Waals surface area (Å²) in [4.78, 5) is 2.68. The second kappa shape index (κ2) is 9.85. The summed E-state index contributed by atoms with van der Waals surface area (Å²) in [5.41, 5.74) is 1.90. The van der Waals surface area contributed by atoms with Gasteiger partial charge in [-0.2, -0.15) is 0 Å². The van der Waals surface area contributed by atoms with Gasteiger partial charge in [0, 0.05) is 55.3 Å². The van der Waals surface area contributed by atoms with E-state index < -0.39 is 0 Å². The molecular formula is C34H28OS2+2. The Morgan fingerprint density at radius 3 is 1.65 bits per heavy atom. The minimum Gasteiger partial charge on any atom is -0.507 e. The Bertz CT molecular complexity index is 1780. The summed E-state index contributed by atoms with van der Waals surface area (Å²) in [5, 5.41) is 16.4. The molecule has 1 nitrogen and oxygen atoms in total. The van der Waals surface area contributed by atoms with Crippen LogP contribution >= 0.6 is 20.9 Å². The number of rotatable bonds is 2. The van der Waals surface area contributed by atoms with Gasteiger partial charge in [-0.3, -0.25) is 0 Å². The van der Waals surface area contributed by atoms with Crippen LogP contribution in [0.5, 0.6) is 5.75 Å². The molecule has 5 aromatic carbocycles. The number of aromatic hydroxyl groups is 1. The average molecular weight is 517 g/mol. The first-order valence-corrected chi connectivity index (χ1v) is 14.9. The van der Waals surface area contributed by atoms with Crippen molar-refractivity contribution in [2.24, 2.45) is 0 Å². The maximum atomic E-state index is 10.1. The third-order valence-corrected chi connectivity index (χ3v) is 11.1. The molecule has 1 atom stereocenters. The van der Waals surface area contributed by atoms with Crippen LogP contribution in [-0.4, -0.2) is 5.11 Å². The number of fused-ring (bicyclic) bond motifs is 4. The second-order valence-electron chi connectivity index (χ2n) is 9.20. The fourth-order valence-corrected chi connectivity index (χ4v) is 9.41. The lowest BCUT2D eigenvalue weighted by molar-refractivity contribution is 0.467. The van der Waals surface area contributed by atoms with Gasteiger partial charge in [-0.15, -0.1) is 0 Å². The van der Waals surface area contributed by atoms with E-state index in [0.29, 0.717) is 5.75 Å². The third kappa shape index (κ3) is 4.31. The summed E-state index contributed by atoms with van der Waals surface area (Å²) < 4.78 is 4.21. The van der Waals surface area contributed by atoms with E-state index in [1.807, 2.05) is 13.8 Å². The lowest BCUT2D eigenvalue weighted by Crippen LogP contribution is -1.82. The van der Waals surface area contributed by atoms with Gasteiger partial charge in [-0.05, 0) is 73.5 Å². The van der Waals surface area contributed by atoms with Crippen molar-refractivity contribution in [2.75, 3.05) is 0 Å². The maximum absolute atomic E-state index is 10.1. The Balaban J connectivity index is 0.000000146. The van der Waals surface area contributed by atoms with E-state index in [-0.39, 0.29) is 20.9 Å². The van der Waals surface area contributed by atoms with Crippen LogP contribution in [0.4, 0.5) is 0 Å². The predicted molar refractivity (Wildman–Crippen MR) is 164 cm³/mol. The molecule has 7 aromatic rings. The van der Waals surface area contributed by atoms with E-state index in [4.69, 9.17) is 0 Å². The van der Waals surface area contributed by atoms with Crippen molar-refractivity contribution in [1.82, 2.24) is 0 Å². The minimum absolute atomic E-state index is 0.0805. The minimum atomic E-state index is -0.0805. The van der Waals surface area contributed by atoms with Crippen LogP contribution in [0.3, 0.4) is 0 Å². The molecule has 3 heteroatoms. The number of hydrogen-bond acceptors (Lipinski definition) is 1. The number of thiophene rings is 2. The highest BCUT2D eigenvalue weighted by molar-refractivity contribution is 7.50. The first-order valence-electron chi connectivity index (χ1n) is 12.4. The first-order chi connectivity index (χ1) is 18.1. The van der Waals surface area contributed by atoms with Gasteiger partial charge in [0.15, 0.2) is 23.9 Å². The molecule has 0 aliphatic rings. The number of aryl methyl sites for hydroxylation is 2. The van der Waals surface area contributed by atoms with Gasteiger partial charge >= 0.3 is 0 Å². The molecule has 2 heterocycles. The Morgan fingerprint density at radius 1 is 0.514 bits per heavy atom. The Hall–Kier alpha value is -3.92. The van der Waals surface area contributed by atoms with E-state index in [0.717, 1.165) is 11.1 Å². The summed E-state index contributed by atoms with van der Waals surface area (Å²) >= 11 is 0. The number of benzene rings is 5. The van der Waals surface area contributed by atoms with Crippen molar-refractivity contribution in [3.63, 3.8) is 0 Å². The van der Waals surface area contributed by atoms with Crippen LogP contribution in [0.25, 0.3) is 40.0 Å². The highest BCUT2D eigenvalue weighted by Crippen LogP contribution is 2.49. The lowest BCUT2D eigenvalue weighted by Gasteiger charge is -2.03. The molecule has 1 unspecified atom stereocenters. The Kier molecular flexibility index (Phi) is 6.25. The van der Waals surface area contributed by atoms with E-state index >= 15 is 0 Å². The van der Waals surface area contributed by atoms with E-state index in [1.54, 1.807) is 0 Å². The van der Waals surface area contributed by atoms with Crippen molar-refractivity contribution in [3.8, 4) is 15.5 Å². The normalized spacial score (nSPS) is 11.6. The van der Waals surface area contributed by atoms with Gasteiger partial charge in [0.2, 0.25) is 0 Å². The highest BCUT2D eigenvalue weighted by Gasteiger charge is 2.24. The molecule has 0 amide bonds. The second-order valence-corrected chi connectivity index (χ2v) is 13.0. The van der Waals surface area contributed by atoms with Crippen LogP contribution in [0.2, 0.25) is 0 Å². The topological polar surface area (TPSA) is 20.2 Å². The molecule has 2 aromatic heterocycles. The van der Waals surface area contributed by atoms with Crippen LogP contribution < -0.4 is 0 Å². The Morgan fingerprint density at radius 2 is 1.03 bits per heavy atom. The molecule has 0 aliphatic carbocycles. The van der Waals surface area contributed by atoms with E-state index in [1.165, 1.54) is 40.0 Å². The molecule has 0 fully saturated rings. The van der Waals surface area contributed by atoms with Gasteiger partial charge < -0.3 is 5.11 Å². The summed E-state index contributed by atoms with van der Waals surface area (Å²) in [6.07, 6.45) is 0. The maximum Gasteiger partial charge on any atom is 0.187 e. The first kappa shape index (κ1) is 23.5. The Labute approximate surface area is 222 Å². The van der Waals surface area contributed by atoms with Crippen molar-refractivity contribution in [2.45, 2.75) is 13.8 Å². The number of phenols is 1. The predicted octanol–water partition coefficient (Wildman–Crippen LogP) is 10.6. The zero-order valence-electron chi connectivity index (χ0n) is 20.9. The van der Waals surface area contributed by atoms with Gasteiger partial charge in [-0.1, -0.05) is 54.6 Å². The average Bonchev–Trinajstić information content (AvgIpc) is 3.52. The molecule has 0 saturated heterocycles. The van der Waals surface area contributed by atoms with Crippen molar-refractivity contribution in [3.05, 3.63) is 138 Å². The molecule has 180 valence electrons. The molecular weight excluding hydrogens is 489 g/mol. The van der Waals surface area contributed by atoms with Crippen LogP contribution in [0.1, 0.15) is 11.1 Å². The summed E-state index contributed by atoms with van der Waals surface area (Å²) in [7, 11) is 0.0733. The largest absolute Gasteiger partial charge is 0.507 e. The number of phenolic OH excluding ortho intramolecular Hbond substituents is 1. The van der Waals surface area contributed by atoms with Gasteiger partial charge in [0.25, 0.3) is 0 Å². The molecule has 0 radical (unpaired) electrons. The van der Waals surface area contributed by atoms with Crippen LogP contribution in [0, 0.1) is 13.8 Å². The van der Waals surface area contributed by atoms with Gasteiger partial charge in [0.05, 0.1) is 0 Å². The quantitative estimate of drug-likeness (QED) is 0.227.